The second kappa shape index (κ2) is 8.48. The van der Waals surface area contributed by atoms with Crippen molar-refractivity contribution in [3.8, 4) is 5.75 Å². The average Bonchev–Trinajstić information content (AvgIpc) is 2.58. The minimum Gasteiger partial charge on any atom is -0.476 e. The molecule has 1 N–H and O–H groups in total. The van der Waals surface area contributed by atoms with Crippen LogP contribution in [0.15, 0.2) is 42.2 Å². The number of hydrogen-bond acceptors (Lipinski definition) is 5. The Bertz CT molecular complexity index is 772. The van der Waals surface area contributed by atoms with E-state index in [1.54, 1.807) is 18.4 Å². The Morgan fingerprint density at radius 1 is 1.28 bits per heavy atom. The van der Waals surface area contributed by atoms with E-state index in [1.165, 1.54) is 6.07 Å². The summed E-state index contributed by atoms with van der Waals surface area (Å²) in [5, 5.41) is 17.3. The highest BCUT2D eigenvalue weighted by molar-refractivity contribution is 6.30. The molecule has 7 heteroatoms. The second-order valence-electron chi connectivity index (χ2n) is 5.66. The van der Waals surface area contributed by atoms with Gasteiger partial charge in [-0.05, 0) is 56.7 Å². The Balaban J connectivity index is 2.27. The van der Waals surface area contributed by atoms with Gasteiger partial charge in [-0.15, -0.1) is 10.2 Å². The zero-order valence-corrected chi connectivity index (χ0v) is 15.1. The lowest BCUT2D eigenvalue weighted by molar-refractivity contribution is 0.0689. The van der Waals surface area contributed by atoms with E-state index < -0.39 is 5.97 Å². The number of anilines is 1. The fraction of sp³-hybridized carbons (Fsp3) is 0.278. The molecule has 0 bridgehead atoms. The second-order valence-corrected chi connectivity index (χ2v) is 6.10. The van der Waals surface area contributed by atoms with Crippen LogP contribution in [0.1, 0.15) is 36.8 Å². The highest BCUT2D eigenvalue weighted by Gasteiger charge is 2.13. The summed E-state index contributed by atoms with van der Waals surface area (Å²) < 4.78 is 5.72. The monoisotopic (exact) mass is 361 g/mol. The number of carboxylic acid groups (broad SMARTS) is 1. The highest BCUT2D eigenvalue weighted by atomic mass is 35.5. The van der Waals surface area contributed by atoms with Crippen molar-refractivity contribution < 1.29 is 14.6 Å². The SMILES string of the molecule is CCN(Cc1cc(Cl)ccc1OC=C(C)C)c1ccc(C(=O)O)nn1. The fourth-order valence-corrected chi connectivity index (χ4v) is 2.33. The number of hydrogen-bond donors (Lipinski definition) is 1. The molecule has 0 atom stereocenters. The van der Waals surface area contributed by atoms with Crippen molar-refractivity contribution in [1.29, 1.82) is 0 Å². The highest BCUT2D eigenvalue weighted by Crippen LogP contribution is 2.26. The van der Waals surface area contributed by atoms with Crippen LogP contribution in [0.4, 0.5) is 5.82 Å². The van der Waals surface area contributed by atoms with Gasteiger partial charge >= 0.3 is 5.97 Å². The first kappa shape index (κ1) is 18.7. The molecule has 0 aliphatic carbocycles. The minimum absolute atomic E-state index is 0.0878. The maximum absolute atomic E-state index is 10.9. The van der Waals surface area contributed by atoms with Gasteiger partial charge in [-0.2, -0.15) is 0 Å². The Morgan fingerprint density at radius 2 is 2.04 bits per heavy atom. The van der Waals surface area contributed by atoms with Gasteiger partial charge < -0.3 is 14.7 Å². The zero-order chi connectivity index (χ0) is 18.4. The minimum atomic E-state index is -1.10. The van der Waals surface area contributed by atoms with E-state index in [0.717, 1.165) is 11.1 Å². The largest absolute Gasteiger partial charge is 0.476 e. The maximum Gasteiger partial charge on any atom is 0.356 e. The summed E-state index contributed by atoms with van der Waals surface area (Å²) in [5.74, 6) is 0.189. The molecule has 1 aromatic carbocycles. The summed E-state index contributed by atoms with van der Waals surface area (Å²) in [6.45, 7) is 7.05. The Kier molecular flexibility index (Phi) is 6.36. The summed E-state index contributed by atoms with van der Waals surface area (Å²) in [5.41, 5.74) is 1.86. The standard InChI is InChI=1S/C18H20ClN3O3/c1-4-22(17-8-6-15(18(23)24)20-21-17)10-13-9-14(19)5-7-16(13)25-11-12(2)3/h5-9,11H,4,10H2,1-3H3,(H,23,24). The molecule has 0 aliphatic rings. The lowest BCUT2D eigenvalue weighted by Crippen LogP contribution is -2.24. The average molecular weight is 362 g/mol. The van der Waals surface area contributed by atoms with Crippen molar-refractivity contribution in [3.05, 3.63) is 58.4 Å². The Hall–Kier alpha value is -2.60. The molecule has 0 amide bonds. The van der Waals surface area contributed by atoms with Gasteiger partial charge in [-0.25, -0.2) is 4.79 Å². The van der Waals surface area contributed by atoms with Crippen LogP contribution in [0.5, 0.6) is 5.75 Å². The third-order valence-electron chi connectivity index (χ3n) is 3.38. The molecule has 0 fully saturated rings. The molecule has 0 saturated heterocycles. The van der Waals surface area contributed by atoms with Crippen LogP contribution in [-0.4, -0.2) is 27.8 Å². The number of carbonyl (C=O) groups is 1. The molecular weight excluding hydrogens is 342 g/mol. The molecule has 1 aromatic heterocycles. The summed E-state index contributed by atoms with van der Waals surface area (Å²) in [6, 6.07) is 8.52. The number of carboxylic acids is 1. The predicted molar refractivity (Wildman–Crippen MR) is 97.2 cm³/mol. The van der Waals surface area contributed by atoms with Crippen molar-refractivity contribution >= 4 is 23.4 Å². The molecule has 6 nitrogen and oxygen atoms in total. The first-order valence-electron chi connectivity index (χ1n) is 7.81. The van der Waals surface area contributed by atoms with Gasteiger partial charge in [-0.3, -0.25) is 0 Å². The van der Waals surface area contributed by atoms with Gasteiger partial charge in [0.15, 0.2) is 11.5 Å². The van der Waals surface area contributed by atoms with Crippen LogP contribution in [0.25, 0.3) is 0 Å². The number of nitrogens with zero attached hydrogens (tertiary/aromatic N) is 3. The molecule has 2 rings (SSSR count). The summed E-state index contributed by atoms with van der Waals surface area (Å²) >= 11 is 6.13. The summed E-state index contributed by atoms with van der Waals surface area (Å²) in [6.07, 6.45) is 1.69. The third-order valence-corrected chi connectivity index (χ3v) is 3.62. The van der Waals surface area contributed by atoms with Gasteiger partial charge in [0.1, 0.15) is 5.75 Å². The number of benzene rings is 1. The molecule has 25 heavy (non-hydrogen) atoms. The van der Waals surface area contributed by atoms with E-state index in [0.29, 0.717) is 29.7 Å². The summed E-state index contributed by atoms with van der Waals surface area (Å²) in [7, 11) is 0. The number of rotatable bonds is 7. The lowest BCUT2D eigenvalue weighted by atomic mass is 10.2. The van der Waals surface area contributed by atoms with Gasteiger partial charge in [0.25, 0.3) is 0 Å². The smallest absolute Gasteiger partial charge is 0.356 e. The van der Waals surface area contributed by atoms with Gasteiger partial charge in [-0.1, -0.05) is 11.6 Å². The number of aromatic carboxylic acids is 1. The first-order valence-corrected chi connectivity index (χ1v) is 8.19. The van der Waals surface area contributed by atoms with Crippen LogP contribution >= 0.6 is 11.6 Å². The molecule has 1 heterocycles. The number of halogens is 1. The fourth-order valence-electron chi connectivity index (χ4n) is 2.14. The molecule has 0 aliphatic heterocycles. The van der Waals surface area contributed by atoms with Crippen molar-refractivity contribution in [2.75, 3.05) is 11.4 Å². The van der Waals surface area contributed by atoms with E-state index in [2.05, 4.69) is 10.2 Å². The van der Waals surface area contributed by atoms with Gasteiger partial charge in [0.2, 0.25) is 0 Å². The van der Waals surface area contributed by atoms with E-state index >= 15 is 0 Å². The number of aromatic nitrogens is 2. The normalized spacial score (nSPS) is 10.2. The third kappa shape index (κ3) is 5.19. The quantitative estimate of drug-likeness (QED) is 0.746. The number of ether oxygens (including phenoxy) is 1. The van der Waals surface area contributed by atoms with Crippen LogP contribution in [0.2, 0.25) is 5.02 Å². The van der Waals surface area contributed by atoms with E-state index in [9.17, 15) is 4.79 Å². The molecule has 2 aromatic rings. The van der Waals surface area contributed by atoms with Gasteiger partial charge in [0.05, 0.1) is 6.26 Å². The molecular formula is C18H20ClN3O3. The maximum atomic E-state index is 10.9. The zero-order valence-electron chi connectivity index (χ0n) is 14.4. The summed E-state index contributed by atoms with van der Waals surface area (Å²) in [4.78, 5) is 12.9. The lowest BCUT2D eigenvalue weighted by Gasteiger charge is -2.22. The molecule has 0 radical (unpaired) electrons. The van der Waals surface area contributed by atoms with Crippen LogP contribution in [0.3, 0.4) is 0 Å². The van der Waals surface area contributed by atoms with Crippen molar-refractivity contribution in [1.82, 2.24) is 10.2 Å². The first-order chi connectivity index (χ1) is 11.9. The van der Waals surface area contributed by atoms with Gasteiger partial charge in [0, 0.05) is 23.7 Å². The van der Waals surface area contributed by atoms with E-state index in [4.69, 9.17) is 21.4 Å². The van der Waals surface area contributed by atoms with Crippen LogP contribution in [-0.2, 0) is 6.54 Å². The Labute approximate surface area is 151 Å². The van der Waals surface area contributed by atoms with Crippen molar-refractivity contribution in [2.24, 2.45) is 0 Å². The molecule has 0 saturated carbocycles. The molecule has 0 spiro atoms. The molecule has 0 unspecified atom stereocenters. The number of allylic oxidation sites excluding steroid dienone is 1. The van der Waals surface area contributed by atoms with Crippen molar-refractivity contribution in [3.63, 3.8) is 0 Å². The Morgan fingerprint density at radius 3 is 2.60 bits per heavy atom. The van der Waals surface area contributed by atoms with Crippen LogP contribution in [0, 0.1) is 0 Å². The topological polar surface area (TPSA) is 75.5 Å². The predicted octanol–water partition coefficient (Wildman–Crippen LogP) is 4.16. The van der Waals surface area contributed by atoms with Crippen LogP contribution < -0.4 is 9.64 Å². The van der Waals surface area contributed by atoms with E-state index in [-0.39, 0.29) is 5.69 Å². The molecule has 132 valence electrons. The van der Waals surface area contributed by atoms with E-state index in [1.807, 2.05) is 37.8 Å². The van der Waals surface area contributed by atoms with Crippen molar-refractivity contribution in [2.45, 2.75) is 27.3 Å².